The van der Waals surface area contributed by atoms with Gasteiger partial charge in [0, 0.05) is 23.4 Å². The maximum atomic E-state index is 4.69. The number of rotatable bonds is 5. The van der Waals surface area contributed by atoms with E-state index in [9.17, 15) is 0 Å². The monoisotopic (exact) mass is 391 g/mol. The molecule has 4 heteroatoms. The fraction of sp³-hybridized carbons (Fsp3) is 0.0952. The average Bonchev–Trinajstić information content (AvgIpc) is 3.05. The molecule has 124 valence electrons. The first kappa shape index (κ1) is 16.1. The normalized spacial score (nSPS) is 11.3. The molecule has 2 aromatic carbocycles. The summed E-state index contributed by atoms with van der Waals surface area (Å²) in [5.74, 6) is 0. The number of halogens is 1. The van der Waals surface area contributed by atoms with Gasteiger partial charge in [-0.1, -0.05) is 60.7 Å². The lowest BCUT2D eigenvalue weighted by Gasteiger charge is -2.19. The van der Waals surface area contributed by atoms with Gasteiger partial charge in [0.05, 0.1) is 11.7 Å². The molecule has 0 spiro atoms. The van der Waals surface area contributed by atoms with E-state index >= 15 is 0 Å². The Balaban J connectivity index is 1.60. The van der Waals surface area contributed by atoms with Crippen LogP contribution in [0.15, 0.2) is 89.7 Å². The Morgan fingerprint density at radius 2 is 1.48 bits per heavy atom. The number of aromatic nitrogens is 2. The summed E-state index contributed by atoms with van der Waals surface area (Å²) < 4.78 is 3.09. The van der Waals surface area contributed by atoms with Crippen LogP contribution >= 0.6 is 15.9 Å². The molecule has 0 aliphatic rings. The van der Waals surface area contributed by atoms with Crippen molar-refractivity contribution in [1.82, 2.24) is 14.7 Å². The number of benzene rings is 2. The summed E-state index contributed by atoms with van der Waals surface area (Å²) in [5, 5.41) is 3.66. The number of nitrogens with one attached hydrogen (secondary N) is 1. The molecule has 0 aliphatic carbocycles. The second kappa shape index (κ2) is 7.21. The lowest BCUT2D eigenvalue weighted by atomic mass is 9.99. The summed E-state index contributed by atoms with van der Waals surface area (Å²) in [6, 6.07) is 25.2. The number of hydrogen-bond acceptors (Lipinski definition) is 2. The van der Waals surface area contributed by atoms with Gasteiger partial charge in [-0.2, -0.15) is 0 Å². The van der Waals surface area contributed by atoms with E-state index in [0.717, 1.165) is 15.8 Å². The first-order valence-corrected chi connectivity index (χ1v) is 9.05. The Morgan fingerprint density at radius 1 is 0.840 bits per heavy atom. The summed E-state index contributed by atoms with van der Waals surface area (Å²) in [4.78, 5) is 4.69. The van der Waals surface area contributed by atoms with E-state index in [0.29, 0.717) is 6.54 Å². The lowest BCUT2D eigenvalue weighted by Crippen LogP contribution is -2.22. The molecule has 0 saturated carbocycles. The topological polar surface area (TPSA) is 29.3 Å². The van der Waals surface area contributed by atoms with Gasteiger partial charge < -0.3 is 9.72 Å². The summed E-state index contributed by atoms with van der Waals surface area (Å²) in [7, 11) is 0. The third-order valence-corrected chi connectivity index (χ3v) is 4.69. The van der Waals surface area contributed by atoms with Crippen LogP contribution in [-0.4, -0.2) is 9.38 Å². The van der Waals surface area contributed by atoms with Gasteiger partial charge in [0.1, 0.15) is 5.65 Å². The van der Waals surface area contributed by atoms with Gasteiger partial charge in [-0.05, 0) is 39.2 Å². The van der Waals surface area contributed by atoms with Gasteiger partial charge in [0.15, 0.2) is 0 Å². The highest BCUT2D eigenvalue weighted by Gasteiger charge is 2.13. The van der Waals surface area contributed by atoms with Gasteiger partial charge in [-0.3, -0.25) is 0 Å². The molecule has 0 radical (unpaired) electrons. The lowest BCUT2D eigenvalue weighted by molar-refractivity contribution is 0.598. The van der Waals surface area contributed by atoms with Gasteiger partial charge in [0.25, 0.3) is 0 Å². The molecule has 2 aromatic heterocycles. The minimum atomic E-state index is 0.138. The molecule has 0 saturated heterocycles. The largest absolute Gasteiger partial charge is 0.306 e. The quantitative estimate of drug-likeness (QED) is 0.519. The molecule has 0 amide bonds. The van der Waals surface area contributed by atoms with E-state index in [2.05, 4.69) is 76.0 Å². The molecule has 0 bridgehead atoms. The number of fused-ring (bicyclic) bond motifs is 1. The smallest absolute Gasteiger partial charge is 0.137 e. The van der Waals surface area contributed by atoms with Crippen LogP contribution in [0.4, 0.5) is 0 Å². The van der Waals surface area contributed by atoms with Crippen molar-refractivity contribution in [3.8, 4) is 0 Å². The number of hydrogen-bond donors (Lipinski definition) is 1. The zero-order valence-electron chi connectivity index (χ0n) is 13.6. The minimum Gasteiger partial charge on any atom is -0.306 e. The minimum absolute atomic E-state index is 0.138. The van der Waals surface area contributed by atoms with Crippen molar-refractivity contribution in [2.45, 2.75) is 12.6 Å². The predicted molar refractivity (Wildman–Crippen MR) is 104 cm³/mol. The maximum Gasteiger partial charge on any atom is 0.137 e. The highest BCUT2D eigenvalue weighted by Crippen LogP contribution is 2.22. The molecule has 0 unspecified atom stereocenters. The van der Waals surface area contributed by atoms with E-state index in [-0.39, 0.29) is 6.04 Å². The van der Waals surface area contributed by atoms with E-state index in [1.165, 1.54) is 11.1 Å². The van der Waals surface area contributed by atoms with Crippen molar-refractivity contribution >= 4 is 21.6 Å². The van der Waals surface area contributed by atoms with Crippen molar-refractivity contribution in [2.24, 2.45) is 0 Å². The van der Waals surface area contributed by atoms with E-state index in [4.69, 9.17) is 4.98 Å². The fourth-order valence-electron chi connectivity index (χ4n) is 3.03. The maximum absolute atomic E-state index is 4.69. The van der Waals surface area contributed by atoms with Crippen LogP contribution in [0, 0.1) is 0 Å². The van der Waals surface area contributed by atoms with Crippen molar-refractivity contribution < 1.29 is 0 Å². The predicted octanol–water partition coefficient (Wildman–Crippen LogP) is 4.98. The van der Waals surface area contributed by atoms with E-state index in [1.54, 1.807) is 0 Å². The second-order valence-electron chi connectivity index (χ2n) is 5.98. The van der Waals surface area contributed by atoms with Crippen LogP contribution < -0.4 is 5.32 Å². The Bertz CT molecular complexity index is 925. The SMILES string of the molecule is Brc1ccc2nc(CNC(c3ccccc3)c3ccccc3)cn2c1. The first-order chi connectivity index (χ1) is 12.3. The van der Waals surface area contributed by atoms with Crippen molar-refractivity contribution in [3.63, 3.8) is 0 Å². The van der Waals surface area contributed by atoms with E-state index in [1.807, 2.05) is 34.9 Å². The second-order valence-corrected chi connectivity index (χ2v) is 6.90. The molecular weight excluding hydrogens is 374 g/mol. The molecule has 0 atom stereocenters. The Morgan fingerprint density at radius 3 is 2.12 bits per heavy atom. The molecule has 0 aliphatic heterocycles. The zero-order valence-corrected chi connectivity index (χ0v) is 15.2. The average molecular weight is 392 g/mol. The van der Waals surface area contributed by atoms with Crippen LogP contribution in [0.25, 0.3) is 5.65 Å². The molecule has 25 heavy (non-hydrogen) atoms. The molecule has 4 rings (SSSR count). The van der Waals surface area contributed by atoms with E-state index < -0.39 is 0 Å². The Hall–Kier alpha value is -2.43. The standard InChI is InChI=1S/C21H18BrN3/c22-18-11-12-20-24-19(15-25(20)14-18)13-23-21(16-7-3-1-4-8-16)17-9-5-2-6-10-17/h1-12,14-15,21,23H,13H2. The molecule has 0 fully saturated rings. The van der Waals surface area contributed by atoms with Crippen LogP contribution in [0.3, 0.4) is 0 Å². The number of imidazole rings is 1. The van der Waals surface area contributed by atoms with Crippen LogP contribution in [0.2, 0.25) is 0 Å². The number of pyridine rings is 1. The Kier molecular flexibility index (Phi) is 4.63. The first-order valence-electron chi connectivity index (χ1n) is 8.26. The van der Waals surface area contributed by atoms with Gasteiger partial charge in [0.2, 0.25) is 0 Å². The van der Waals surface area contributed by atoms with Crippen LogP contribution in [0.5, 0.6) is 0 Å². The summed E-state index contributed by atoms with van der Waals surface area (Å²) in [6.45, 7) is 0.702. The van der Waals surface area contributed by atoms with Crippen molar-refractivity contribution in [2.75, 3.05) is 0 Å². The highest BCUT2D eigenvalue weighted by atomic mass is 79.9. The van der Waals surface area contributed by atoms with Crippen molar-refractivity contribution in [1.29, 1.82) is 0 Å². The summed E-state index contributed by atoms with van der Waals surface area (Å²) in [6.07, 6.45) is 4.10. The highest BCUT2D eigenvalue weighted by molar-refractivity contribution is 9.10. The summed E-state index contributed by atoms with van der Waals surface area (Å²) >= 11 is 3.50. The Labute approximate surface area is 155 Å². The summed E-state index contributed by atoms with van der Waals surface area (Å²) in [5.41, 5.74) is 4.48. The van der Waals surface area contributed by atoms with Crippen molar-refractivity contribution in [3.05, 3.63) is 106 Å². The molecule has 2 heterocycles. The van der Waals surface area contributed by atoms with Gasteiger partial charge >= 0.3 is 0 Å². The van der Waals surface area contributed by atoms with Gasteiger partial charge in [-0.15, -0.1) is 0 Å². The molecule has 1 N–H and O–H groups in total. The molecule has 4 aromatic rings. The van der Waals surface area contributed by atoms with Crippen LogP contribution in [0.1, 0.15) is 22.9 Å². The third-order valence-electron chi connectivity index (χ3n) is 4.22. The van der Waals surface area contributed by atoms with Gasteiger partial charge in [-0.25, -0.2) is 4.98 Å². The fourth-order valence-corrected chi connectivity index (χ4v) is 3.38. The molecule has 3 nitrogen and oxygen atoms in total. The number of nitrogens with zero attached hydrogens (tertiary/aromatic N) is 2. The third kappa shape index (κ3) is 3.65. The van der Waals surface area contributed by atoms with Crippen LogP contribution in [-0.2, 0) is 6.54 Å². The zero-order chi connectivity index (χ0) is 17.1. The molecular formula is C21H18BrN3.